The van der Waals surface area contributed by atoms with Gasteiger partial charge in [0.05, 0.1) is 41.3 Å². The van der Waals surface area contributed by atoms with E-state index in [0.717, 1.165) is 0 Å². The number of likely N-dealkylation sites (tertiary alicyclic amines) is 1. The Morgan fingerprint density at radius 2 is 1.95 bits per heavy atom. The minimum atomic E-state index is -1.17. The molecule has 3 amide bonds. The summed E-state index contributed by atoms with van der Waals surface area (Å²) >= 11 is 6.51. The summed E-state index contributed by atoms with van der Waals surface area (Å²) in [5.74, 6) is -2.47. The van der Waals surface area contributed by atoms with Gasteiger partial charge in [-0.15, -0.1) is 13.2 Å². The summed E-state index contributed by atoms with van der Waals surface area (Å²) in [5, 5.41) is 10.9. The summed E-state index contributed by atoms with van der Waals surface area (Å²) in [5.41, 5.74) is -0.670. The number of benzene rings is 1. The number of amides is 3. The number of hydrogen-bond acceptors (Lipinski definition) is 5. The van der Waals surface area contributed by atoms with E-state index in [1.807, 2.05) is 13.8 Å². The fraction of sp³-hybridized carbons (Fsp3) is 0.552. The van der Waals surface area contributed by atoms with Gasteiger partial charge in [0, 0.05) is 20.1 Å². The number of aliphatic hydroxyl groups excluding tert-OH is 1. The monoisotopic (exact) mass is 543 g/mol. The van der Waals surface area contributed by atoms with Gasteiger partial charge in [-0.1, -0.05) is 56.2 Å². The molecule has 0 saturated carbocycles. The molecule has 9 heteroatoms. The van der Waals surface area contributed by atoms with Crippen molar-refractivity contribution in [1.29, 1.82) is 0 Å². The molecule has 0 radical (unpaired) electrons. The molecule has 0 aliphatic carbocycles. The van der Waals surface area contributed by atoms with Crippen LogP contribution < -0.4 is 4.90 Å². The summed E-state index contributed by atoms with van der Waals surface area (Å²) < 4.78 is 6.56. The zero-order valence-corrected chi connectivity index (χ0v) is 23.1. The average Bonchev–Trinajstić information content (AvgIpc) is 3.55. The van der Waals surface area contributed by atoms with E-state index in [-0.39, 0.29) is 36.8 Å². The lowest BCUT2D eigenvalue weighted by atomic mass is 9.70. The van der Waals surface area contributed by atoms with Crippen LogP contribution in [0.4, 0.5) is 5.69 Å². The molecule has 206 valence electrons. The van der Waals surface area contributed by atoms with Crippen LogP contribution in [0.1, 0.15) is 33.1 Å². The molecule has 2 unspecified atom stereocenters. The van der Waals surface area contributed by atoms with Crippen LogP contribution in [0, 0.1) is 17.8 Å². The predicted molar refractivity (Wildman–Crippen MR) is 147 cm³/mol. The normalized spacial score (nSPS) is 29.1. The minimum absolute atomic E-state index is 0.0857. The molecular formula is C29H38ClN3O5. The Labute approximate surface area is 229 Å². The Morgan fingerprint density at radius 3 is 2.55 bits per heavy atom. The SMILES string of the molecule is C=CCN(C)C(=O)[C@@H]1[C@H]2C(=O)N([C@@H](CO)[C@@H](C)CC)C(C(=O)N(CC=C)c3ccccc3Cl)C23CC[C@H]1O3. The number of aliphatic hydroxyl groups is 1. The molecule has 1 aromatic carbocycles. The van der Waals surface area contributed by atoms with Crippen LogP contribution in [0.2, 0.25) is 5.02 Å². The highest BCUT2D eigenvalue weighted by molar-refractivity contribution is 6.34. The van der Waals surface area contributed by atoms with E-state index in [2.05, 4.69) is 13.2 Å². The van der Waals surface area contributed by atoms with Crippen LogP contribution in [-0.4, -0.2) is 83.2 Å². The summed E-state index contributed by atoms with van der Waals surface area (Å²) in [4.78, 5) is 47.1. The van der Waals surface area contributed by atoms with Crippen molar-refractivity contribution >= 4 is 35.0 Å². The molecule has 1 aromatic rings. The lowest BCUT2D eigenvalue weighted by Gasteiger charge is -2.41. The lowest BCUT2D eigenvalue weighted by molar-refractivity contribution is -0.148. The van der Waals surface area contributed by atoms with E-state index in [1.165, 1.54) is 9.80 Å². The quantitative estimate of drug-likeness (QED) is 0.433. The number of carbonyl (C=O) groups is 3. The number of nitrogens with zero attached hydrogens (tertiary/aromatic N) is 3. The lowest BCUT2D eigenvalue weighted by Crippen LogP contribution is -2.60. The molecule has 1 N–H and O–H groups in total. The minimum Gasteiger partial charge on any atom is -0.394 e. The Hall–Kier alpha value is -2.68. The number of rotatable bonds is 11. The summed E-state index contributed by atoms with van der Waals surface area (Å²) in [6, 6.07) is 5.40. The van der Waals surface area contributed by atoms with Crippen LogP contribution in [-0.2, 0) is 19.1 Å². The first-order chi connectivity index (χ1) is 18.2. The molecule has 3 fully saturated rings. The molecule has 3 aliphatic rings. The van der Waals surface area contributed by atoms with Crippen LogP contribution in [0.15, 0.2) is 49.6 Å². The number of likely N-dealkylation sites (N-methyl/N-ethyl adjacent to an activating group) is 1. The van der Waals surface area contributed by atoms with E-state index >= 15 is 0 Å². The topological polar surface area (TPSA) is 90.4 Å². The van der Waals surface area contributed by atoms with E-state index in [1.54, 1.807) is 48.4 Å². The number of carbonyl (C=O) groups excluding carboxylic acids is 3. The van der Waals surface area contributed by atoms with Crippen molar-refractivity contribution in [2.75, 3.05) is 31.6 Å². The van der Waals surface area contributed by atoms with Gasteiger partial charge in [0.2, 0.25) is 11.8 Å². The average molecular weight is 544 g/mol. The van der Waals surface area contributed by atoms with Crippen molar-refractivity contribution in [3.05, 3.63) is 54.6 Å². The number of anilines is 1. The summed E-state index contributed by atoms with van der Waals surface area (Å²) in [6.45, 7) is 11.7. The molecule has 1 spiro atoms. The Morgan fingerprint density at radius 1 is 1.26 bits per heavy atom. The number of para-hydroxylation sites is 1. The van der Waals surface area contributed by atoms with Crippen LogP contribution >= 0.6 is 11.6 Å². The van der Waals surface area contributed by atoms with E-state index in [0.29, 0.717) is 36.5 Å². The third-order valence-corrected chi connectivity index (χ3v) is 8.92. The maximum Gasteiger partial charge on any atom is 0.253 e. The first-order valence-electron chi connectivity index (χ1n) is 13.3. The molecule has 0 aromatic heterocycles. The second-order valence-electron chi connectivity index (χ2n) is 10.6. The molecule has 38 heavy (non-hydrogen) atoms. The fourth-order valence-electron chi connectivity index (χ4n) is 6.62. The third kappa shape index (κ3) is 4.36. The van der Waals surface area contributed by atoms with Crippen LogP contribution in [0.3, 0.4) is 0 Å². The predicted octanol–water partition coefficient (Wildman–Crippen LogP) is 3.29. The molecule has 8 nitrogen and oxygen atoms in total. The van der Waals surface area contributed by atoms with Gasteiger partial charge in [-0.2, -0.15) is 0 Å². The van der Waals surface area contributed by atoms with Crippen molar-refractivity contribution in [3.8, 4) is 0 Å². The van der Waals surface area contributed by atoms with Crippen molar-refractivity contribution in [3.63, 3.8) is 0 Å². The van der Waals surface area contributed by atoms with E-state index in [9.17, 15) is 19.5 Å². The third-order valence-electron chi connectivity index (χ3n) is 8.60. The highest BCUT2D eigenvalue weighted by Crippen LogP contribution is 2.59. The van der Waals surface area contributed by atoms with Gasteiger partial charge < -0.3 is 24.5 Å². The molecule has 4 rings (SSSR count). The molecular weight excluding hydrogens is 506 g/mol. The molecule has 3 saturated heterocycles. The number of fused-ring (bicyclic) bond motifs is 1. The standard InChI is InChI=1S/C29H38ClN3O5/c1-6-15-31(5)26(35)23-22-13-14-29(38-22)24(23)27(36)33(21(17-34)18(4)8-3)25(29)28(37)32(16-7-2)20-12-10-9-11-19(20)30/h6-7,9-12,18,21-25,34H,1-2,8,13-17H2,3-5H3/t18-,21-,22+,23-,24-,25?,29?/m0/s1. The highest BCUT2D eigenvalue weighted by atomic mass is 35.5. The second-order valence-corrected chi connectivity index (χ2v) is 11.0. The van der Waals surface area contributed by atoms with Crippen molar-refractivity contribution in [2.45, 2.75) is 56.9 Å². The summed E-state index contributed by atoms with van der Waals surface area (Å²) in [7, 11) is 1.68. The van der Waals surface area contributed by atoms with E-state index < -0.39 is 35.6 Å². The first-order valence-corrected chi connectivity index (χ1v) is 13.7. The van der Waals surface area contributed by atoms with Gasteiger partial charge in [-0.25, -0.2) is 0 Å². The maximum absolute atomic E-state index is 14.6. The van der Waals surface area contributed by atoms with E-state index in [4.69, 9.17) is 16.3 Å². The second kappa shape index (κ2) is 11.2. The largest absolute Gasteiger partial charge is 0.394 e. The first kappa shape index (κ1) is 28.3. The van der Waals surface area contributed by atoms with Crippen molar-refractivity contribution < 1.29 is 24.2 Å². The van der Waals surface area contributed by atoms with Gasteiger partial charge >= 0.3 is 0 Å². The molecule has 7 atom stereocenters. The fourth-order valence-corrected chi connectivity index (χ4v) is 6.85. The van der Waals surface area contributed by atoms with Gasteiger partial charge in [-0.05, 0) is 30.9 Å². The van der Waals surface area contributed by atoms with Crippen molar-refractivity contribution in [2.24, 2.45) is 17.8 Å². The van der Waals surface area contributed by atoms with Gasteiger partial charge in [0.1, 0.15) is 11.6 Å². The molecule has 3 heterocycles. The Kier molecular flexibility index (Phi) is 8.35. The zero-order chi connectivity index (χ0) is 27.8. The maximum atomic E-state index is 14.6. The van der Waals surface area contributed by atoms with Gasteiger partial charge in [-0.3, -0.25) is 14.4 Å². The Balaban J connectivity index is 1.85. The number of ether oxygens (including phenoxy) is 1. The van der Waals surface area contributed by atoms with Gasteiger partial charge in [0.25, 0.3) is 5.91 Å². The zero-order valence-electron chi connectivity index (χ0n) is 22.4. The van der Waals surface area contributed by atoms with Crippen molar-refractivity contribution in [1.82, 2.24) is 9.80 Å². The summed E-state index contributed by atoms with van der Waals surface area (Å²) in [6.07, 6.45) is 4.53. The number of hydrogen-bond donors (Lipinski definition) is 1. The highest BCUT2D eigenvalue weighted by Gasteiger charge is 2.75. The molecule has 3 aliphatic heterocycles. The number of halogens is 1. The van der Waals surface area contributed by atoms with Gasteiger partial charge in [0.15, 0.2) is 0 Å². The van der Waals surface area contributed by atoms with Crippen LogP contribution in [0.5, 0.6) is 0 Å². The smallest absolute Gasteiger partial charge is 0.253 e. The van der Waals surface area contributed by atoms with Crippen LogP contribution in [0.25, 0.3) is 0 Å². The molecule has 2 bridgehead atoms. The Bertz CT molecular complexity index is 1110.